The van der Waals surface area contributed by atoms with E-state index < -0.39 is 50.7 Å². The van der Waals surface area contributed by atoms with E-state index in [9.17, 15) is 9.59 Å². The molecule has 14 nitrogen and oxygen atoms in total. The average Bonchev–Trinajstić information content (AvgIpc) is 2.48. The first-order valence-electron chi connectivity index (χ1n) is 5.69. The van der Waals surface area contributed by atoms with Gasteiger partial charge in [0.05, 0.1) is 13.2 Å². The fourth-order valence-electron chi connectivity index (χ4n) is 0.717. The summed E-state index contributed by atoms with van der Waals surface area (Å²) < 4.78 is 0. The normalized spacial score (nSPS) is 13.5. The zero-order valence-corrected chi connectivity index (χ0v) is 11.3. The topological polar surface area (TPSA) is 210 Å². The number of amides is 4. The van der Waals surface area contributed by atoms with Gasteiger partial charge in [-0.15, -0.1) is 0 Å². The van der Waals surface area contributed by atoms with Gasteiger partial charge in [-0.3, -0.25) is 0 Å². The molecule has 0 heterocycles. The number of hydrogen-bond donors (Lipinski definition) is 6. The van der Waals surface area contributed by atoms with Crippen LogP contribution >= 0.6 is 0 Å². The van der Waals surface area contributed by atoms with Crippen molar-refractivity contribution in [1.82, 2.24) is 10.5 Å². The maximum atomic E-state index is 10.9. The zero-order chi connectivity index (χ0) is 17.1. The van der Waals surface area contributed by atoms with Gasteiger partial charge in [-0.1, -0.05) is 9.98 Å². The molecule has 0 fully saturated rings. The fraction of sp³-hybridized carbons (Fsp3) is 0.750. The summed E-state index contributed by atoms with van der Waals surface area (Å²) in [6.45, 7) is -2.51. The summed E-state index contributed by atoms with van der Waals surface area (Å²) in [5, 5.41) is 35.0. The van der Waals surface area contributed by atoms with Crippen LogP contribution in [-0.4, -0.2) is 81.6 Å². The predicted octanol–water partition coefficient (Wildman–Crippen LogP) is -3.90. The highest BCUT2D eigenvalue weighted by molar-refractivity contribution is 5.70. The second-order valence-corrected chi connectivity index (χ2v) is 3.60. The third kappa shape index (κ3) is 8.49. The van der Waals surface area contributed by atoms with Crippen LogP contribution in [0.15, 0.2) is 0 Å². The largest absolute Gasteiger partial charge is 0.394 e. The molecule has 2 atom stereocenters. The van der Waals surface area contributed by atoms with Crippen LogP contribution in [0.25, 0.3) is 0 Å². The van der Waals surface area contributed by atoms with E-state index >= 15 is 0 Å². The van der Waals surface area contributed by atoms with E-state index in [2.05, 4.69) is 19.7 Å². The molecule has 14 heteroatoms. The standard InChI is InChI=1S/C8H18N4O10/c9-7(17)11(19-3-5(15)1-13)21-22-12(8(10)18)20-4-6(16)2-14/h5-6,13-16H,1-4H2,(H2,9,17)(H2,10,18). The minimum Gasteiger partial charge on any atom is -0.394 e. The summed E-state index contributed by atoms with van der Waals surface area (Å²) in [4.78, 5) is 39.2. The highest BCUT2D eigenvalue weighted by Gasteiger charge is 2.21. The summed E-state index contributed by atoms with van der Waals surface area (Å²) in [7, 11) is 0. The van der Waals surface area contributed by atoms with Gasteiger partial charge >= 0.3 is 12.1 Å². The quantitative estimate of drug-likeness (QED) is 0.160. The molecule has 0 aromatic rings. The van der Waals surface area contributed by atoms with Gasteiger partial charge in [0.2, 0.25) is 0 Å². The third-order valence-electron chi connectivity index (χ3n) is 1.72. The summed E-state index contributed by atoms with van der Waals surface area (Å²) >= 11 is 0. The van der Waals surface area contributed by atoms with E-state index in [4.69, 9.17) is 31.9 Å². The van der Waals surface area contributed by atoms with Crippen LogP contribution in [0.5, 0.6) is 0 Å². The molecule has 0 bridgehead atoms. The Morgan fingerprint density at radius 2 is 1.18 bits per heavy atom. The highest BCUT2D eigenvalue weighted by atomic mass is 17.4. The summed E-state index contributed by atoms with van der Waals surface area (Å²) in [6, 6.07) is -2.69. The molecule has 22 heavy (non-hydrogen) atoms. The SMILES string of the molecule is NC(=O)N(OCC(O)CO)OON(OCC(O)CO)C(N)=O. The Labute approximate surface area is 123 Å². The third-order valence-corrected chi connectivity index (χ3v) is 1.72. The summed E-state index contributed by atoms with van der Waals surface area (Å²) in [5.41, 5.74) is 9.67. The molecule has 0 aromatic heterocycles. The van der Waals surface area contributed by atoms with E-state index in [1.54, 1.807) is 0 Å². The monoisotopic (exact) mass is 330 g/mol. The van der Waals surface area contributed by atoms with Crippen molar-refractivity contribution in [3.05, 3.63) is 0 Å². The van der Waals surface area contributed by atoms with Gasteiger partial charge in [-0.05, 0) is 10.5 Å². The lowest BCUT2D eigenvalue weighted by Crippen LogP contribution is -2.43. The molecule has 0 radical (unpaired) electrons. The summed E-state index contributed by atoms with van der Waals surface area (Å²) in [6.07, 6.45) is -2.68. The van der Waals surface area contributed by atoms with E-state index in [0.29, 0.717) is 0 Å². The minimum absolute atomic E-state index is 0.0827. The van der Waals surface area contributed by atoms with Crippen molar-refractivity contribution in [2.45, 2.75) is 12.2 Å². The first-order valence-corrected chi connectivity index (χ1v) is 5.69. The van der Waals surface area contributed by atoms with E-state index in [0.717, 1.165) is 0 Å². The zero-order valence-electron chi connectivity index (χ0n) is 11.3. The van der Waals surface area contributed by atoms with E-state index in [1.165, 1.54) is 0 Å². The van der Waals surface area contributed by atoms with Gasteiger partial charge < -0.3 is 31.9 Å². The van der Waals surface area contributed by atoms with E-state index in [-0.39, 0.29) is 10.5 Å². The van der Waals surface area contributed by atoms with Gasteiger partial charge in [0.1, 0.15) is 25.4 Å². The molecule has 8 N–H and O–H groups in total. The Kier molecular flexibility index (Phi) is 10.00. The Bertz CT molecular complexity index is 313. The number of carbonyl (C=O) groups is 2. The number of hydrogen-bond acceptors (Lipinski definition) is 10. The molecule has 0 aromatic carbocycles. The number of aliphatic hydroxyl groups is 4. The Morgan fingerprint density at radius 1 is 0.864 bits per heavy atom. The van der Waals surface area contributed by atoms with Crippen molar-refractivity contribution >= 4 is 12.1 Å². The lowest BCUT2D eigenvalue weighted by molar-refractivity contribution is -0.593. The number of aliphatic hydroxyl groups excluding tert-OH is 4. The maximum absolute atomic E-state index is 10.9. The predicted molar refractivity (Wildman–Crippen MR) is 63.1 cm³/mol. The first kappa shape index (κ1) is 20.2. The van der Waals surface area contributed by atoms with Crippen LogP contribution in [0.1, 0.15) is 0 Å². The second kappa shape index (κ2) is 10.9. The molecular formula is C8H18N4O10. The molecule has 0 saturated carbocycles. The smallest absolute Gasteiger partial charge is 0.366 e. The molecule has 4 amide bonds. The lowest BCUT2D eigenvalue weighted by atomic mass is 10.4. The fourth-order valence-corrected chi connectivity index (χ4v) is 0.717. The average molecular weight is 330 g/mol. The van der Waals surface area contributed by atoms with Crippen molar-refractivity contribution in [2.75, 3.05) is 26.4 Å². The van der Waals surface area contributed by atoms with Gasteiger partial charge in [0.15, 0.2) is 0 Å². The molecule has 0 saturated heterocycles. The summed E-state index contributed by atoms with van der Waals surface area (Å²) in [5.74, 6) is 0. The molecule has 0 rings (SSSR count). The van der Waals surface area contributed by atoms with Gasteiger partial charge in [-0.2, -0.15) is 0 Å². The number of rotatable bonds is 11. The first-order chi connectivity index (χ1) is 10.3. The van der Waals surface area contributed by atoms with Crippen molar-refractivity contribution in [2.24, 2.45) is 11.5 Å². The molecule has 0 aliphatic heterocycles. The van der Waals surface area contributed by atoms with Crippen molar-refractivity contribution < 1.29 is 49.7 Å². The van der Waals surface area contributed by atoms with Crippen LogP contribution in [0.3, 0.4) is 0 Å². The van der Waals surface area contributed by atoms with Crippen molar-refractivity contribution in [3.8, 4) is 0 Å². The molecule has 2 unspecified atom stereocenters. The van der Waals surface area contributed by atoms with Crippen molar-refractivity contribution in [1.29, 1.82) is 0 Å². The molecule has 130 valence electrons. The molecule has 0 spiro atoms. The lowest BCUT2D eigenvalue weighted by Gasteiger charge is -2.22. The molecule has 0 aliphatic rings. The molecular weight excluding hydrogens is 312 g/mol. The van der Waals surface area contributed by atoms with E-state index in [1.807, 2.05) is 0 Å². The number of nitrogens with two attached hydrogens (primary N) is 2. The second-order valence-electron chi connectivity index (χ2n) is 3.60. The molecule has 0 aliphatic carbocycles. The number of primary amides is 2. The Morgan fingerprint density at radius 3 is 1.41 bits per heavy atom. The van der Waals surface area contributed by atoms with Crippen LogP contribution in [0.2, 0.25) is 0 Å². The van der Waals surface area contributed by atoms with Crippen LogP contribution in [0.4, 0.5) is 9.59 Å². The number of carbonyl (C=O) groups excluding carboxylic acids is 2. The van der Waals surface area contributed by atoms with Crippen LogP contribution < -0.4 is 11.5 Å². The van der Waals surface area contributed by atoms with Crippen LogP contribution in [0, 0.1) is 0 Å². The Hall–Kier alpha value is -1.78. The number of hydroxylamine groups is 4. The van der Waals surface area contributed by atoms with Gasteiger partial charge in [-0.25, -0.2) is 19.3 Å². The minimum atomic E-state index is -1.34. The number of nitrogens with zero attached hydrogens (tertiary/aromatic N) is 2. The maximum Gasteiger partial charge on any atom is 0.366 e. The van der Waals surface area contributed by atoms with Crippen molar-refractivity contribution in [3.63, 3.8) is 0 Å². The van der Waals surface area contributed by atoms with Gasteiger partial charge in [0, 0.05) is 0 Å². The number of urea groups is 2. The van der Waals surface area contributed by atoms with Gasteiger partial charge in [0.25, 0.3) is 0 Å². The highest BCUT2D eigenvalue weighted by Crippen LogP contribution is 2.01. The Balaban J connectivity index is 4.38. The van der Waals surface area contributed by atoms with Crippen LogP contribution in [-0.2, 0) is 19.7 Å².